The van der Waals surface area contributed by atoms with E-state index in [2.05, 4.69) is 24.8 Å². The lowest BCUT2D eigenvalue weighted by Crippen LogP contribution is -2.47. The van der Waals surface area contributed by atoms with Gasteiger partial charge in [0.1, 0.15) is 23.0 Å². The second-order valence-electron chi connectivity index (χ2n) is 8.06. The number of hydrogen-bond acceptors (Lipinski definition) is 7. The zero-order chi connectivity index (χ0) is 24.2. The Morgan fingerprint density at radius 3 is 2.09 bits per heavy atom. The highest BCUT2D eigenvalue weighted by molar-refractivity contribution is 5.92. The van der Waals surface area contributed by atoms with Crippen LogP contribution in [0.1, 0.15) is 10.5 Å². The highest BCUT2D eigenvalue weighted by atomic mass is 19.1. The number of pyridine rings is 1. The summed E-state index contributed by atoms with van der Waals surface area (Å²) in [6, 6.07) is 18.6. The Balaban J connectivity index is 1.35. The van der Waals surface area contributed by atoms with E-state index in [0.717, 1.165) is 37.4 Å². The number of carbonyl (C=O) groups excluding carboxylic acids is 1. The van der Waals surface area contributed by atoms with Crippen molar-refractivity contribution < 1.29 is 13.9 Å². The molecule has 176 valence electrons. The monoisotopic (exact) mass is 470 g/mol. The highest BCUT2D eigenvalue weighted by Crippen LogP contribution is 2.28. The number of anilines is 2. The van der Waals surface area contributed by atoms with Crippen molar-refractivity contribution in [1.82, 2.24) is 15.0 Å². The average Bonchev–Trinajstić information content (AvgIpc) is 2.91. The Hall–Kier alpha value is -4.53. The summed E-state index contributed by atoms with van der Waals surface area (Å²) in [6.07, 6.45) is 3.47. The maximum Gasteiger partial charge on any atom is 0.267 e. The number of benzene rings is 2. The van der Waals surface area contributed by atoms with Gasteiger partial charge in [-0.25, -0.2) is 19.3 Å². The van der Waals surface area contributed by atoms with E-state index in [4.69, 9.17) is 10.5 Å². The van der Waals surface area contributed by atoms with Crippen molar-refractivity contribution in [3.05, 3.63) is 90.6 Å². The van der Waals surface area contributed by atoms with Crippen molar-refractivity contribution in [1.29, 1.82) is 0 Å². The molecular formula is C26H23FN6O2. The number of rotatable bonds is 6. The first-order valence-corrected chi connectivity index (χ1v) is 11.2. The molecule has 1 saturated heterocycles. The number of ether oxygens (including phenoxy) is 1. The van der Waals surface area contributed by atoms with Gasteiger partial charge in [-0.1, -0.05) is 0 Å². The predicted molar refractivity (Wildman–Crippen MR) is 131 cm³/mol. The molecule has 35 heavy (non-hydrogen) atoms. The van der Waals surface area contributed by atoms with Gasteiger partial charge in [-0.2, -0.15) is 0 Å². The quantitative estimate of drug-likeness (QED) is 0.456. The van der Waals surface area contributed by atoms with Gasteiger partial charge in [0, 0.05) is 49.8 Å². The van der Waals surface area contributed by atoms with E-state index < -0.39 is 5.91 Å². The minimum Gasteiger partial charge on any atom is -0.457 e. The zero-order valence-corrected chi connectivity index (χ0v) is 18.8. The third kappa shape index (κ3) is 5.19. The number of amides is 1. The van der Waals surface area contributed by atoms with E-state index in [1.807, 2.05) is 18.2 Å². The maximum absolute atomic E-state index is 13.1. The van der Waals surface area contributed by atoms with Crippen LogP contribution < -0.4 is 20.3 Å². The summed E-state index contributed by atoms with van der Waals surface area (Å²) in [5.41, 5.74) is 8.13. The molecule has 1 fully saturated rings. The fraction of sp³-hybridized carbons (Fsp3) is 0.154. The van der Waals surface area contributed by atoms with E-state index in [-0.39, 0.29) is 11.5 Å². The Kier molecular flexibility index (Phi) is 6.21. The van der Waals surface area contributed by atoms with Crippen molar-refractivity contribution in [3.63, 3.8) is 0 Å². The summed E-state index contributed by atoms with van der Waals surface area (Å²) in [5.74, 6) is 0.948. The fourth-order valence-corrected chi connectivity index (χ4v) is 3.92. The molecule has 0 aliphatic carbocycles. The Labute approximate surface area is 201 Å². The SMILES string of the molecule is NC(=O)c1cc(N2CCN(c3ncccn3)CC2)cc(-c2ccc(Oc3ccc(F)cc3)cc2)n1. The molecule has 8 nitrogen and oxygen atoms in total. The summed E-state index contributed by atoms with van der Waals surface area (Å²) in [6.45, 7) is 2.99. The molecule has 1 aliphatic rings. The smallest absolute Gasteiger partial charge is 0.267 e. The van der Waals surface area contributed by atoms with Gasteiger partial charge in [0.15, 0.2) is 0 Å². The number of hydrogen-bond donors (Lipinski definition) is 1. The minimum absolute atomic E-state index is 0.206. The topological polar surface area (TPSA) is 97.5 Å². The van der Waals surface area contributed by atoms with Crippen LogP contribution in [0.4, 0.5) is 16.0 Å². The molecule has 0 spiro atoms. The summed E-state index contributed by atoms with van der Waals surface area (Å²) in [7, 11) is 0. The fourth-order valence-electron chi connectivity index (χ4n) is 3.92. The third-order valence-electron chi connectivity index (χ3n) is 5.74. The molecule has 9 heteroatoms. The van der Waals surface area contributed by atoms with Crippen molar-refractivity contribution in [2.45, 2.75) is 0 Å². The lowest BCUT2D eigenvalue weighted by molar-refractivity contribution is 0.0995. The molecular weight excluding hydrogens is 447 g/mol. The number of aromatic nitrogens is 3. The summed E-state index contributed by atoms with van der Waals surface area (Å²) in [4.78, 5) is 29.5. The van der Waals surface area contributed by atoms with Crippen LogP contribution in [0.25, 0.3) is 11.3 Å². The average molecular weight is 471 g/mol. The second-order valence-corrected chi connectivity index (χ2v) is 8.06. The van der Waals surface area contributed by atoms with Crippen LogP contribution in [0.2, 0.25) is 0 Å². The van der Waals surface area contributed by atoms with Crippen molar-refractivity contribution in [2.75, 3.05) is 36.0 Å². The first kappa shape index (κ1) is 22.3. The van der Waals surface area contributed by atoms with Crippen LogP contribution in [0.5, 0.6) is 11.5 Å². The van der Waals surface area contributed by atoms with E-state index >= 15 is 0 Å². The number of carbonyl (C=O) groups is 1. The van der Waals surface area contributed by atoms with E-state index in [9.17, 15) is 9.18 Å². The van der Waals surface area contributed by atoms with Gasteiger partial charge in [-0.15, -0.1) is 0 Å². The number of halogens is 1. The third-order valence-corrected chi connectivity index (χ3v) is 5.74. The molecule has 0 bridgehead atoms. The van der Waals surface area contributed by atoms with Crippen LogP contribution in [-0.2, 0) is 0 Å². The number of primary amides is 1. The standard InChI is InChI=1S/C26H23FN6O2/c27-19-4-8-22(9-5-19)35-21-6-2-18(3-7-21)23-16-20(17-24(31-23)25(28)34)32-12-14-33(15-13-32)26-29-10-1-11-30-26/h1-11,16-17H,12-15H2,(H2,28,34). The van der Waals surface area contributed by atoms with Crippen LogP contribution >= 0.6 is 0 Å². The van der Waals surface area contributed by atoms with Gasteiger partial charge < -0.3 is 20.3 Å². The molecule has 2 aromatic carbocycles. The highest BCUT2D eigenvalue weighted by Gasteiger charge is 2.21. The van der Waals surface area contributed by atoms with Crippen molar-refractivity contribution in [3.8, 4) is 22.8 Å². The van der Waals surface area contributed by atoms with Gasteiger partial charge >= 0.3 is 0 Å². The zero-order valence-electron chi connectivity index (χ0n) is 18.8. The van der Waals surface area contributed by atoms with E-state index in [1.165, 1.54) is 12.1 Å². The largest absolute Gasteiger partial charge is 0.457 e. The van der Waals surface area contributed by atoms with Crippen LogP contribution in [-0.4, -0.2) is 47.0 Å². The van der Waals surface area contributed by atoms with Crippen molar-refractivity contribution >= 4 is 17.5 Å². The molecule has 3 heterocycles. The number of nitrogens with two attached hydrogens (primary N) is 1. The first-order valence-electron chi connectivity index (χ1n) is 11.2. The van der Waals surface area contributed by atoms with Crippen molar-refractivity contribution in [2.24, 2.45) is 5.73 Å². The molecule has 0 radical (unpaired) electrons. The Bertz CT molecular complexity index is 1310. The molecule has 0 unspecified atom stereocenters. The van der Waals surface area contributed by atoms with Gasteiger partial charge in [0.05, 0.1) is 5.69 Å². The first-order chi connectivity index (χ1) is 17.0. The van der Waals surface area contributed by atoms with Gasteiger partial charge in [-0.05, 0) is 66.7 Å². The Morgan fingerprint density at radius 1 is 0.857 bits per heavy atom. The molecule has 5 rings (SSSR count). The number of nitrogens with zero attached hydrogens (tertiary/aromatic N) is 5. The minimum atomic E-state index is -0.583. The van der Waals surface area contributed by atoms with Crippen LogP contribution in [0.3, 0.4) is 0 Å². The molecule has 1 aliphatic heterocycles. The second kappa shape index (κ2) is 9.76. The molecule has 1 amide bonds. The van der Waals surface area contributed by atoms with Crippen LogP contribution in [0, 0.1) is 5.82 Å². The summed E-state index contributed by atoms with van der Waals surface area (Å²) >= 11 is 0. The van der Waals surface area contributed by atoms with Gasteiger partial charge in [0.2, 0.25) is 5.95 Å². The Morgan fingerprint density at radius 2 is 1.46 bits per heavy atom. The molecule has 0 saturated carbocycles. The maximum atomic E-state index is 13.1. The van der Waals surface area contributed by atoms with Crippen LogP contribution in [0.15, 0.2) is 79.1 Å². The van der Waals surface area contributed by atoms with E-state index in [0.29, 0.717) is 23.1 Å². The summed E-state index contributed by atoms with van der Waals surface area (Å²) in [5, 5.41) is 0. The van der Waals surface area contributed by atoms with Gasteiger partial charge in [0.25, 0.3) is 5.91 Å². The predicted octanol–water partition coefficient (Wildman–Crippen LogP) is 3.90. The molecule has 4 aromatic rings. The molecule has 2 aromatic heterocycles. The molecule has 2 N–H and O–H groups in total. The van der Waals surface area contributed by atoms with E-state index in [1.54, 1.807) is 48.8 Å². The molecule has 0 atom stereocenters. The number of piperazine rings is 1. The van der Waals surface area contributed by atoms with Gasteiger partial charge in [-0.3, -0.25) is 4.79 Å². The lowest BCUT2D eigenvalue weighted by Gasteiger charge is -2.36. The normalized spacial score (nSPS) is 13.5. The lowest BCUT2D eigenvalue weighted by atomic mass is 10.1. The summed E-state index contributed by atoms with van der Waals surface area (Å²) < 4.78 is 18.9.